The van der Waals surface area contributed by atoms with E-state index in [4.69, 9.17) is 15.2 Å². The number of benzene rings is 1. The fraction of sp³-hybridized carbons (Fsp3) is 0.769. The molecule has 1 aliphatic carbocycles. The summed E-state index contributed by atoms with van der Waals surface area (Å²) in [4.78, 5) is 2.70. The average molecular weight is 417 g/mol. The second kappa shape index (κ2) is 13.5. The molecule has 3 atom stereocenters. The normalized spacial score (nSPS) is 23.3. The minimum absolute atomic E-state index is 0.170. The average Bonchev–Trinajstić information content (AvgIpc) is 2.81. The number of piperidine rings is 1. The van der Waals surface area contributed by atoms with Crippen molar-refractivity contribution in [3.63, 3.8) is 0 Å². The minimum Gasteiger partial charge on any atom is -0.382 e. The summed E-state index contributed by atoms with van der Waals surface area (Å²) in [5.41, 5.74) is 7.61. The minimum atomic E-state index is 0.170. The molecule has 170 valence electrons. The summed E-state index contributed by atoms with van der Waals surface area (Å²) in [7, 11) is 0. The summed E-state index contributed by atoms with van der Waals surface area (Å²) in [6.07, 6.45) is 12.0. The Morgan fingerprint density at radius 1 is 1.03 bits per heavy atom. The van der Waals surface area contributed by atoms with E-state index in [0.29, 0.717) is 12.0 Å². The maximum absolute atomic E-state index is 6.49. The zero-order valence-electron chi connectivity index (χ0n) is 19.1. The van der Waals surface area contributed by atoms with Crippen LogP contribution in [0.15, 0.2) is 30.3 Å². The third kappa shape index (κ3) is 7.33. The molecule has 0 bridgehead atoms. The van der Waals surface area contributed by atoms with Gasteiger partial charge in [-0.15, -0.1) is 0 Å². The van der Waals surface area contributed by atoms with Crippen molar-refractivity contribution in [2.24, 2.45) is 17.6 Å². The first-order valence-electron chi connectivity index (χ1n) is 12.5. The number of nitrogens with zero attached hydrogens (tertiary/aromatic N) is 1. The predicted octanol–water partition coefficient (Wildman–Crippen LogP) is 5.18. The van der Waals surface area contributed by atoms with Gasteiger partial charge in [-0.2, -0.15) is 0 Å². The quantitative estimate of drug-likeness (QED) is 0.477. The highest BCUT2D eigenvalue weighted by molar-refractivity contribution is 5.18. The van der Waals surface area contributed by atoms with E-state index in [1.54, 1.807) is 0 Å². The highest BCUT2D eigenvalue weighted by Crippen LogP contribution is 2.35. The van der Waals surface area contributed by atoms with Crippen LogP contribution in [0.2, 0.25) is 0 Å². The van der Waals surface area contributed by atoms with Crippen LogP contribution in [-0.2, 0) is 9.47 Å². The molecule has 1 aromatic carbocycles. The molecule has 2 fully saturated rings. The summed E-state index contributed by atoms with van der Waals surface area (Å²) >= 11 is 0. The van der Waals surface area contributed by atoms with Crippen LogP contribution in [0.5, 0.6) is 0 Å². The molecule has 0 spiro atoms. The molecule has 0 unspecified atom stereocenters. The topological polar surface area (TPSA) is 47.7 Å². The molecule has 1 aliphatic heterocycles. The Kier molecular flexibility index (Phi) is 10.6. The highest BCUT2D eigenvalue weighted by atomic mass is 16.5. The van der Waals surface area contributed by atoms with Gasteiger partial charge in [0.1, 0.15) is 0 Å². The van der Waals surface area contributed by atoms with Gasteiger partial charge in [0.05, 0.1) is 6.10 Å². The van der Waals surface area contributed by atoms with Crippen LogP contribution in [0.3, 0.4) is 0 Å². The van der Waals surface area contributed by atoms with Crippen LogP contribution < -0.4 is 5.73 Å². The van der Waals surface area contributed by atoms with Crippen molar-refractivity contribution in [3.8, 4) is 0 Å². The number of hydrogen-bond acceptors (Lipinski definition) is 4. The van der Waals surface area contributed by atoms with Gasteiger partial charge in [-0.1, -0.05) is 62.4 Å². The third-order valence-electron chi connectivity index (χ3n) is 7.10. The van der Waals surface area contributed by atoms with Gasteiger partial charge in [0.25, 0.3) is 0 Å². The molecule has 3 rings (SSSR count). The summed E-state index contributed by atoms with van der Waals surface area (Å²) < 4.78 is 12.0. The summed E-state index contributed by atoms with van der Waals surface area (Å²) in [6.45, 7) is 7.46. The van der Waals surface area contributed by atoms with Crippen molar-refractivity contribution in [3.05, 3.63) is 35.9 Å². The van der Waals surface area contributed by atoms with Crippen molar-refractivity contribution in [2.45, 2.75) is 76.9 Å². The van der Waals surface area contributed by atoms with Gasteiger partial charge >= 0.3 is 0 Å². The van der Waals surface area contributed by atoms with Gasteiger partial charge in [0.15, 0.2) is 0 Å². The number of likely N-dealkylation sites (tertiary alicyclic amines) is 1. The zero-order valence-corrected chi connectivity index (χ0v) is 19.1. The lowest BCUT2D eigenvalue weighted by Crippen LogP contribution is -2.48. The summed E-state index contributed by atoms with van der Waals surface area (Å²) in [5, 5.41) is 0. The highest BCUT2D eigenvalue weighted by Gasteiger charge is 2.32. The molecule has 4 heteroatoms. The maximum atomic E-state index is 6.49. The van der Waals surface area contributed by atoms with Gasteiger partial charge in [-0.3, -0.25) is 4.90 Å². The fourth-order valence-corrected chi connectivity index (χ4v) is 5.48. The van der Waals surface area contributed by atoms with Gasteiger partial charge in [-0.05, 0) is 50.6 Å². The van der Waals surface area contributed by atoms with E-state index in [9.17, 15) is 0 Å². The van der Waals surface area contributed by atoms with E-state index < -0.39 is 0 Å². The Balaban J connectivity index is 1.60. The van der Waals surface area contributed by atoms with E-state index in [2.05, 4.69) is 35.2 Å². The molecule has 0 amide bonds. The van der Waals surface area contributed by atoms with Crippen LogP contribution in [0.4, 0.5) is 0 Å². The molecule has 1 heterocycles. The van der Waals surface area contributed by atoms with Crippen LogP contribution >= 0.6 is 0 Å². The van der Waals surface area contributed by atoms with Crippen LogP contribution in [0, 0.1) is 11.8 Å². The SMILES string of the molecule is CCOCCCO[C@@H](c1ccccc1)[C@@H]1CCCN([C@H](CN)CC2CCCCC2)C1. The van der Waals surface area contributed by atoms with Crippen molar-refractivity contribution in [1.29, 1.82) is 0 Å². The molecule has 4 nitrogen and oxygen atoms in total. The Hall–Kier alpha value is -0.940. The number of hydrogen-bond donors (Lipinski definition) is 1. The Morgan fingerprint density at radius 2 is 1.83 bits per heavy atom. The molecule has 2 aliphatic rings. The first-order chi connectivity index (χ1) is 14.8. The molecule has 2 N–H and O–H groups in total. The first kappa shape index (κ1) is 23.7. The number of rotatable bonds is 12. The van der Waals surface area contributed by atoms with E-state index in [1.807, 2.05) is 6.92 Å². The second-order valence-corrected chi connectivity index (χ2v) is 9.28. The lowest BCUT2D eigenvalue weighted by molar-refractivity contribution is -0.0307. The predicted molar refractivity (Wildman–Crippen MR) is 125 cm³/mol. The van der Waals surface area contributed by atoms with Gasteiger partial charge < -0.3 is 15.2 Å². The van der Waals surface area contributed by atoms with E-state index in [-0.39, 0.29) is 6.10 Å². The van der Waals surface area contributed by atoms with E-state index >= 15 is 0 Å². The van der Waals surface area contributed by atoms with Gasteiger partial charge in [-0.25, -0.2) is 0 Å². The Bertz CT molecular complexity index is 561. The molecule has 1 aromatic rings. The van der Waals surface area contributed by atoms with Crippen molar-refractivity contribution < 1.29 is 9.47 Å². The standard InChI is InChI=1S/C26H44N2O2/c1-2-29-17-10-18-30-26(23-13-7-4-8-14-23)24-15-9-16-28(21-24)25(20-27)19-22-11-5-3-6-12-22/h4,7-8,13-14,22,24-26H,2-3,5-6,9-12,15-21,27H2,1H3/t24-,25+,26+/m1/s1. The van der Waals surface area contributed by atoms with Crippen molar-refractivity contribution in [1.82, 2.24) is 4.90 Å². The molecule has 0 aromatic heterocycles. The molecule has 1 saturated heterocycles. The van der Waals surface area contributed by atoms with E-state index in [1.165, 1.54) is 63.5 Å². The second-order valence-electron chi connectivity index (χ2n) is 9.28. The zero-order chi connectivity index (χ0) is 21.0. The lowest BCUT2D eigenvalue weighted by Gasteiger charge is -2.42. The van der Waals surface area contributed by atoms with Crippen LogP contribution in [-0.4, -0.2) is 50.4 Å². The van der Waals surface area contributed by atoms with Crippen molar-refractivity contribution >= 4 is 0 Å². The van der Waals surface area contributed by atoms with Gasteiger partial charge in [0.2, 0.25) is 0 Å². The molecule has 30 heavy (non-hydrogen) atoms. The van der Waals surface area contributed by atoms with Crippen LogP contribution in [0.25, 0.3) is 0 Å². The van der Waals surface area contributed by atoms with Crippen LogP contribution in [0.1, 0.15) is 76.4 Å². The van der Waals surface area contributed by atoms with E-state index in [0.717, 1.165) is 45.2 Å². The molecular formula is C26H44N2O2. The molecular weight excluding hydrogens is 372 g/mol. The largest absolute Gasteiger partial charge is 0.382 e. The Labute approximate surface area is 184 Å². The maximum Gasteiger partial charge on any atom is 0.0865 e. The monoisotopic (exact) mass is 416 g/mol. The number of ether oxygens (including phenoxy) is 2. The summed E-state index contributed by atoms with van der Waals surface area (Å²) in [6, 6.07) is 11.4. The van der Waals surface area contributed by atoms with Crippen molar-refractivity contribution in [2.75, 3.05) is 39.5 Å². The smallest absolute Gasteiger partial charge is 0.0865 e. The third-order valence-corrected chi connectivity index (χ3v) is 7.10. The summed E-state index contributed by atoms with van der Waals surface area (Å²) in [5.74, 6) is 1.42. The Morgan fingerprint density at radius 3 is 2.57 bits per heavy atom. The molecule has 1 saturated carbocycles. The number of nitrogens with two attached hydrogens (primary N) is 1. The first-order valence-corrected chi connectivity index (χ1v) is 12.5. The van der Waals surface area contributed by atoms with Gasteiger partial charge in [0, 0.05) is 44.9 Å². The fourth-order valence-electron chi connectivity index (χ4n) is 5.48. The molecule has 0 radical (unpaired) electrons. The lowest BCUT2D eigenvalue weighted by atomic mass is 9.83.